The lowest BCUT2D eigenvalue weighted by molar-refractivity contribution is -0.137. The van der Waals surface area contributed by atoms with Crippen molar-refractivity contribution in [2.75, 3.05) is 19.7 Å². The van der Waals surface area contributed by atoms with Gasteiger partial charge in [0.1, 0.15) is 0 Å². The predicted octanol–water partition coefficient (Wildman–Crippen LogP) is 2.83. The van der Waals surface area contributed by atoms with Crippen LogP contribution in [0.15, 0.2) is 24.3 Å². The highest BCUT2D eigenvalue weighted by Gasteiger charge is 2.30. The van der Waals surface area contributed by atoms with E-state index in [9.17, 15) is 18.3 Å². The van der Waals surface area contributed by atoms with Crippen molar-refractivity contribution in [1.29, 1.82) is 0 Å². The number of nitrogens with zero attached hydrogens (tertiary/aromatic N) is 1. The monoisotopic (exact) mass is 259 g/mol. The maximum Gasteiger partial charge on any atom is 0.416 e. The Balaban J connectivity index is 2.16. The lowest BCUT2D eigenvalue weighted by Crippen LogP contribution is -2.28. The Labute approximate surface area is 104 Å². The fourth-order valence-corrected chi connectivity index (χ4v) is 2.38. The molecule has 1 N–H and O–H groups in total. The highest BCUT2D eigenvalue weighted by Crippen LogP contribution is 2.31. The molecule has 0 spiro atoms. The number of rotatable bonds is 3. The van der Waals surface area contributed by atoms with Crippen molar-refractivity contribution in [3.05, 3.63) is 35.4 Å². The largest absolute Gasteiger partial charge is 0.416 e. The molecule has 0 radical (unpaired) electrons. The van der Waals surface area contributed by atoms with E-state index >= 15 is 0 Å². The zero-order valence-corrected chi connectivity index (χ0v) is 9.95. The molecule has 0 aliphatic carbocycles. The highest BCUT2D eigenvalue weighted by molar-refractivity contribution is 5.27. The average molecular weight is 259 g/mol. The second-order valence-corrected chi connectivity index (χ2v) is 4.56. The van der Waals surface area contributed by atoms with Gasteiger partial charge in [-0.25, -0.2) is 0 Å². The molecule has 100 valence electrons. The van der Waals surface area contributed by atoms with Gasteiger partial charge in [0.2, 0.25) is 0 Å². The van der Waals surface area contributed by atoms with Gasteiger partial charge < -0.3 is 5.11 Å². The summed E-state index contributed by atoms with van der Waals surface area (Å²) < 4.78 is 37.3. The van der Waals surface area contributed by atoms with Crippen molar-refractivity contribution in [1.82, 2.24) is 4.90 Å². The van der Waals surface area contributed by atoms with Crippen LogP contribution in [0.1, 0.15) is 30.0 Å². The van der Waals surface area contributed by atoms with E-state index in [0.717, 1.165) is 43.6 Å². The zero-order valence-electron chi connectivity index (χ0n) is 9.95. The molecular weight excluding hydrogens is 243 g/mol. The number of aliphatic hydroxyl groups excluding tert-OH is 1. The second kappa shape index (κ2) is 5.28. The van der Waals surface area contributed by atoms with Crippen molar-refractivity contribution in [3.63, 3.8) is 0 Å². The Morgan fingerprint density at radius 2 is 1.67 bits per heavy atom. The summed E-state index contributed by atoms with van der Waals surface area (Å²) in [5.74, 6) is 0. The molecule has 1 saturated heterocycles. The first kappa shape index (κ1) is 13.4. The molecular formula is C13H16F3NO. The molecule has 1 atom stereocenters. The van der Waals surface area contributed by atoms with E-state index in [2.05, 4.69) is 4.90 Å². The SMILES string of the molecule is OC[C@@H](c1ccc(C(F)(F)F)cc1)N1CCCC1. The van der Waals surface area contributed by atoms with Crippen molar-refractivity contribution < 1.29 is 18.3 Å². The van der Waals surface area contributed by atoms with Gasteiger partial charge in [0.15, 0.2) is 0 Å². The number of halogens is 3. The number of hydrogen-bond acceptors (Lipinski definition) is 2. The Kier molecular flexibility index (Phi) is 3.92. The zero-order chi connectivity index (χ0) is 13.2. The minimum Gasteiger partial charge on any atom is -0.394 e. The minimum atomic E-state index is -4.30. The molecule has 5 heteroatoms. The summed E-state index contributed by atoms with van der Waals surface area (Å²) in [6, 6.07) is 4.89. The summed E-state index contributed by atoms with van der Waals surface area (Å²) in [5.41, 5.74) is 0.0942. The lowest BCUT2D eigenvalue weighted by atomic mass is 10.0. The van der Waals surface area contributed by atoms with Crippen molar-refractivity contribution in [2.24, 2.45) is 0 Å². The molecule has 1 aliphatic heterocycles. The van der Waals surface area contributed by atoms with Gasteiger partial charge in [0.25, 0.3) is 0 Å². The van der Waals surface area contributed by atoms with Crippen LogP contribution in [0.3, 0.4) is 0 Å². The van der Waals surface area contributed by atoms with Crippen LogP contribution in [0.25, 0.3) is 0 Å². The van der Waals surface area contributed by atoms with Crippen LogP contribution < -0.4 is 0 Å². The Bertz CT molecular complexity index is 382. The van der Waals surface area contributed by atoms with Gasteiger partial charge in [0, 0.05) is 0 Å². The lowest BCUT2D eigenvalue weighted by Gasteiger charge is -2.26. The third-order valence-electron chi connectivity index (χ3n) is 3.38. The molecule has 1 heterocycles. The van der Waals surface area contributed by atoms with E-state index < -0.39 is 11.7 Å². The summed E-state index contributed by atoms with van der Waals surface area (Å²) in [6.45, 7) is 1.73. The number of aliphatic hydroxyl groups is 1. The molecule has 1 aromatic rings. The van der Waals surface area contributed by atoms with Gasteiger partial charge in [0.05, 0.1) is 18.2 Å². The van der Waals surface area contributed by atoms with Gasteiger partial charge in [-0.2, -0.15) is 13.2 Å². The van der Waals surface area contributed by atoms with Crippen LogP contribution in [0, 0.1) is 0 Å². The molecule has 0 unspecified atom stereocenters. The first-order valence-electron chi connectivity index (χ1n) is 6.04. The van der Waals surface area contributed by atoms with E-state index in [4.69, 9.17) is 0 Å². The molecule has 2 rings (SSSR count). The molecule has 0 amide bonds. The number of likely N-dealkylation sites (tertiary alicyclic amines) is 1. The van der Waals surface area contributed by atoms with Crippen molar-refractivity contribution in [2.45, 2.75) is 25.1 Å². The van der Waals surface area contributed by atoms with E-state index in [1.165, 1.54) is 12.1 Å². The summed E-state index contributed by atoms with van der Waals surface area (Å²) >= 11 is 0. The quantitative estimate of drug-likeness (QED) is 0.902. The van der Waals surface area contributed by atoms with Crippen LogP contribution in [0.2, 0.25) is 0 Å². The molecule has 1 aromatic carbocycles. The van der Waals surface area contributed by atoms with Crippen LogP contribution in [-0.2, 0) is 6.18 Å². The summed E-state index contributed by atoms with van der Waals surface area (Å²) in [4.78, 5) is 2.11. The smallest absolute Gasteiger partial charge is 0.394 e. The summed E-state index contributed by atoms with van der Waals surface area (Å²) in [7, 11) is 0. The molecule has 2 nitrogen and oxygen atoms in total. The first-order chi connectivity index (χ1) is 8.52. The third kappa shape index (κ3) is 2.84. The van der Waals surface area contributed by atoms with Crippen LogP contribution in [-0.4, -0.2) is 29.7 Å². The summed E-state index contributed by atoms with van der Waals surface area (Å²) in [5, 5.41) is 9.41. The van der Waals surface area contributed by atoms with Crippen LogP contribution in [0.4, 0.5) is 13.2 Å². The third-order valence-corrected chi connectivity index (χ3v) is 3.38. The number of alkyl halides is 3. The Morgan fingerprint density at radius 1 is 1.11 bits per heavy atom. The molecule has 1 aliphatic rings. The van der Waals surface area contributed by atoms with Gasteiger partial charge >= 0.3 is 6.18 Å². The fraction of sp³-hybridized carbons (Fsp3) is 0.538. The minimum absolute atomic E-state index is 0.0641. The maximum absolute atomic E-state index is 12.4. The molecule has 18 heavy (non-hydrogen) atoms. The van der Waals surface area contributed by atoms with E-state index in [0.29, 0.717) is 0 Å². The fourth-order valence-electron chi connectivity index (χ4n) is 2.38. The van der Waals surface area contributed by atoms with Gasteiger partial charge in [-0.3, -0.25) is 4.90 Å². The van der Waals surface area contributed by atoms with E-state index in [1.807, 2.05) is 0 Å². The van der Waals surface area contributed by atoms with Gasteiger partial charge in [-0.15, -0.1) is 0 Å². The van der Waals surface area contributed by atoms with Crippen LogP contribution >= 0.6 is 0 Å². The van der Waals surface area contributed by atoms with E-state index in [-0.39, 0.29) is 12.6 Å². The van der Waals surface area contributed by atoms with Gasteiger partial charge in [-0.05, 0) is 43.6 Å². The van der Waals surface area contributed by atoms with Crippen molar-refractivity contribution in [3.8, 4) is 0 Å². The maximum atomic E-state index is 12.4. The Morgan fingerprint density at radius 3 is 2.11 bits per heavy atom. The summed E-state index contributed by atoms with van der Waals surface area (Å²) in [6.07, 6.45) is -2.14. The van der Waals surface area contributed by atoms with Gasteiger partial charge in [-0.1, -0.05) is 12.1 Å². The average Bonchev–Trinajstić information content (AvgIpc) is 2.83. The van der Waals surface area contributed by atoms with Crippen LogP contribution in [0.5, 0.6) is 0 Å². The number of hydrogen-bond donors (Lipinski definition) is 1. The first-order valence-corrected chi connectivity index (χ1v) is 6.04. The topological polar surface area (TPSA) is 23.5 Å². The van der Waals surface area contributed by atoms with E-state index in [1.54, 1.807) is 0 Å². The van der Waals surface area contributed by atoms with Crippen molar-refractivity contribution >= 4 is 0 Å². The molecule has 0 saturated carbocycles. The Hall–Kier alpha value is -1.07. The standard InChI is InChI=1S/C13H16F3NO/c14-13(15,16)11-5-3-10(4-6-11)12(9-18)17-7-1-2-8-17/h3-6,12,18H,1-2,7-9H2/t12-/m0/s1. The molecule has 1 fully saturated rings. The number of benzene rings is 1. The molecule has 0 aromatic heterocycles. The normalized spacial score (nSPS) is 19.1. The highest BCUT2D eigenvalue weighted by atomic mass is 19.4. The predicted molar refractivity (Wildman–Crippen MR) is 62.1 cm³/mol. The second-order valence-electron chi connectivity index (χ2n) is 4.56. The molecule has 0 bridgehead atoms.